The Hall–Kier alpha value is -3.37. The predicted octanol–water partition coefficient (Wildman–Crippen LogP) is 2.96. The van der Waals surface area contributed by atoms with Gasteiger partial charge in [-0.1, -0.05) is 0 Å². The lowest BCUT2D eigenvalue weighted by atomic mass is 10.0. The molecule has 3 aromatic rings. The van der Waals surface area contributed by atoms with Crippen molar-refractivity contribution in [3.63, 3.8) is 0 Å². The third-order valence-corrected chi connectivity index (χ3v) is 7.06. The van der Waals surface area contributed by atoms with E-state index in [0.29, 0.717) is 11.3 Å². The summed E-state index contributed by atoms with van der Waals surface area (Å²) >= 11 is 0. The van der Waals surface area contributed by atoms with Crippen LogP contribution in [-0.4, -0.2) is 44.7 Å². The highest BCUT2D eigenvalue weighted by atomic mass is 32.2. The molecular formula is C23H22F2N2O5S. The van der Waals surface area contributed by atoms with Crippen LogP contribution in [0, 0.1) is 18.6 Å². The third kappa shape index (κ3) is 5.18. The van der Waals surface area contributed by atoms with Crippen molar-refractivity contribution in [2.75, 3.05) is 20.3 Å². The third-order valence-electron chi connectivity index (χ3n) is 5.00. The maximum atomic E-state index is 14.8. The molecule has 7 nitrogen and oxygen atoms in total. The van der Waals surface area contributed by atoms with E-state index in [2.05, 4.69) is 10.3 Å². The lowest BCUT2D eigenvalue weighted by molar-refractivity contribution is 0.0939. The van der Waals surface area contributed by atoms with Gasteiger partial charge in [0.15, 0.2) is 9.84 Å². The van der Waals surface area contributed by atoms with E-state index in [1.807, 2.05) is 0 Å². The number of hydrogen-bond donors (Lipinski definition) is 2. The summed E-state index contributed by atoms with van der Waals surface area (Å²) in [6.45, 7) is 1.31. The van der Waals surface area contributed by atoms with Gasteiger partial charge in [0, 0.05) is 18.3 Å². The van der Waals surface area contributed by atoms with Crippen LogP contribution in [0.3, 0.4) is 0 Å². The number of aryl methyl sites for hydroxylation is 1. The molecule has 0 bridgehead atoms. The summed E-state index contributed by atoms with van der Waals surface area (Å²) in [5.41, 5.74) is 0.0390. The molecule has 1 aromatic heterocycles. The molecule has 1 unspecified atom stereocenters. The minimum atomic E-state index is -4.28. The molecule has 1 atom stereocenters. The SMILES string of the molecule is COc1ccc(S(=O)(=O)C(c2cnc(C(=O)NCCO)cc2C)c2cc(F)ccc2F)cc1. The average Bonchev–Trinajstić information content (AvgIpc) is 2.80. The number of carbonyl (C=O) groups is 1. The van der Waals surface area contributed by atoms with Crippen LogP contribution in [0.4, 0.5) is 8.78 Å². The Morgan fingerprint density at radius 1 is 1.12 bits per heavy atom. The maximum Gasteiger partial charge on any atom is 0.269 e. The van der Waals surface area contributed by atoms with E-state index in [0.717, 1.165) is 18.2 Å². The number of aliphatic hydroxyl groups is 1. The number of sulfone groups is 1. The van der Waals surface area contributed by atoms with Crippen molar-refractivity contribution in [2.45, 2.75) is 17.1 Å². The molecule has 0 saturated heterocycles. The van der Waals surface area contributed by atoms with Crippen molar-refractivity contribution in [2.24, 2.45) is 0 Å². The fourth-order valence-corrected chi connectivity index (χ4v) is 5.23. The van der Waals surface area contributed by atoms with E-state index < -0.39 is 32.6 Å². The number of nitrogens with one attached hydrogen (secondary N) is 1. The fraction of sp³-hybridized carbons (Fsp3) is 0.217. The van der Waals surface area contributed by atoms with Gasteiger partial charge in [0.25, 0.3) is 5.91 Å². The Morgan fingerprint density at radius 3 is 2.42 bits per heavy atom. The number of benzene rings is 2. The molecule has 10 heteroatoms. The van der Waals surface area contributed by atoms with Crippen LogP contribution in [0.25, 0.3) is 0 Å². The smallest absolute Gasteiger partial charge is 0.269 e. The number of hydrogen-bond acceptors (Lipinski definition) is 6. The zero-order chi connectivity index (χ0) is 24.2. The molecule has 0 aliphatic heterocycles. The number of ether oxygens (including phenoxy) is 1. The van der Waals surface area contributed by atoms with Crippen LogP contribution in [0.15, 0.2) is 59.6 Å². The predicted molar refractivity (Wildman–Crippen MR) is 117 cm³/mol. The first kappa shape index (κ1) is 24.3. The summed E-state index contributed by atoms with van der Waals surface area (Å²) in [5, 5.41) is 9.69. The Kier molecular flexibility index (Phi) is 7.39. The molecule has 0 aliphatic carbocycles. The quantitative estimate of drug-likeness (QED) is 0.518. The largest absolute Gasteiger partial charge is 0.497 e. The summed E-state index contributed by atoms with van der Waals surface area (Å²) in [6.07, 6.45) is 1.17. The molecule has 0 radical (unpaired) electrons. The van der Waals surface area contributed by atoms with E-state index in [1.165, 1.54) is 43.6 Å². The van der Waals surface area contributed by atoms with Crippen molar-refractivity contribution < 1.29 is 31.8 Å². The number of carbonyl (C=O) groups excluding carboxylic acids is 1. The molecular weight excluding hydrogens is 454 g/mol. The molecule has 0 spiro atoms. The number of aromatic nitrogens is 1. The zero-order valence-corrected chi connectivity index (χ0v) is 18.7. The normalized spacial score (nSPS) is 12.3. The van der Waals surface area contributed by atoms with Gasteiger partial charge in [0.2, 0.25) is 0 Å². The Balaban J connectivity index is 2.18. The van der Waals surface area contributed by atoms with E-state index in [-0.39, 0.29) is 34.9 Å². The number of rotatable bonds is 8. The van der Waals surface area contributed by atoms with E-state index in [4.69, 9.17) is 9.84 Å². The second kappa shape index (κ2) is 10.1. The topological polar surface area (TPSA) is 106 Å². The second-order valence-electron chi connectivity index (χ2n) is 7.17. The van der Waals surface area contributed by atoms with Crippen LogP contribution in [0.2, 0.25) is 0 Å². The van der Waals surface area contributed by atoms with Gasteiger partial charge in [-0.05, 0) is 66.6 Å². The summed E-state index contributed by atoms with van der Waals surface area (Å²) < 4.78 is 61.2. The number of nitrogens with zero attached hydrogens (tertiary/aromatic N) is 1. The first-order valence-electron chi connectivity index (χ1n) is 9.87. The van der Waals surface area contributed by atoms with Gasteiger partial charge in [-0.2, -0.15) is 0 Å². The summed E-state index contributed by atoms with van der Waals surface area (Å²) in [7, 11) is -2.84. The van der Waals surface area contributed by atoms with Crippen LogP contribution in [-0.2, 0) is 9.84 Å². The first-order valence-corrected chi connectivity index (χ1v) is 11.4. The average molecular weight is 477 g/mol. The lowest BCUT2D eigenvalue weighted by Crippen LogP contribution is -2.27. The number of methoxy groups -OCH3 is 1. The molecule has 174 valence electrons. The summed E-state index contributed by atoms with van der Waals surface area (Å²) in [4.78, 5) is 16.1. The van der Waals surface area contributed by atoms with Gasteiger partial charge in [0.1, 0.15) is 28.3 Å². The van der Waals surface area contributed by atoms with Gasteiger partial charge >= 0.3 is 0 Å². The van der Waals surface area contributed by atoms with Gasteiger partial charge in [-0.3, -0.25) is 9.78 Å². The standard InChI is InChI=1S/C23H22F2N2O5S/c1-14-11-21(23(29)26-9-10-28)27-13-19(14)22(18-12-15(24)3-8-20(18)25)33(30,31)17-6-4-16(32-2)5-7-17/h3-8,11-13,22,28H,9-10H2,1-2H3,(H,26,29). The summed E-state index contributed by atoms with van der Waals surface area (Å²) in [5.74, 6) is -1.83. The van der Waals surface area contributed by atoms with E-state index in [9.17, 15) is 22.0 Å². The Labute approximate surface area is 190 Å². The molecule has 33 heavy (non-hydrogen) atoms. The van der Waals surface area contributed by atoms with Crippen LogP contribution < -0.4 is 10.1 Å². The maximum absolute atomic E-state index is 14.8. The molecule has 0 aliphatic rings. The van der Waals surface area contributed by atoms with Crippen LogP contribution in [0.1, 0.15) is 32.4 Å². The highest BCUT2D eigenvalue weighted by Gasteiger charge is 2.35. The number of amides is 1. The molecule has 3 rings (SSSR count). The van der Waals surface area contributed by atoms with Crippen molar-refractivity contribution >= 4 is 15.7 Å². The molecule has 1 amide bonds. The van der Waals surface area contributed by atoms with Gasteiger partial charge in [0.05, 0.1) is 18.6 Å². The van der Waals surface area contributed by atoms with Crippen LogP contribution >= 0.6 is 0 Å². The highest BCUT2D eigenvalue weighted by Crippen LogP contribution is 2.38. The minimum absolute atomic E-state index is 0.00925. The monoisotopic (exact) mass is 476 g/mol. The van der Waals surface area contributed by atoms with E-state index >= 15 is 0 Å². The molecule has 2 aromatic carbocycles. The first-order chi connectivity index (χ1) is 15.7. The Bertz CT molecular complexity index is 1260. The highest BCUT2D eigenvalue weighted by molar-refractivity contribution is 7.92. The molecule has 2 N–H and O–H groups in total. The van der Waals surface area contributed by atoms with Gasteiger partial charge in [-0.25, -0.2) is 17.2 Å². The molecule has 1 heterocycles. The summed E-state index contributed by atoms with van der Waals surface area (Å²) in [6, 6.07) is 9.49. The number of pyridine rings is 1. The second-order valence-corrected chi connectivity index (χ2v) is 9.20. The fourth-order valence-electron chi connectivity index (χ4n) is 3.34. The molecule has 0 fully saturated rings. The van der Waals surface area contributed by atoms with E-state index in [1.54, 1.807) is 6.92 Å². The Morgan fingerprint density at radius 2 is 1.82 bits per heavy atom. The minimum Gasteiger partial charge on any atom is -0.497 e. The van der Waals surface area contributed by atoms with Crippen molar-refractivity contribution in [3.05, 3.63) is 88.7 Å². The zero-order valence-electron chi connectivity index (χ0n) is 17.9. The van der Waals surface area contributed by atoms with Gasteiger partial charge < -0.3 is 15.2 Å². The number of aliphatic hydroxyl groups excluding tert-OH is 1. The lowest BCUT2D eigenvalue weighted by Gasteiger charge is -2.21. The molecule has 0 saturated carbocycles. The number of halogens is 2. The van der Waals surface area contributed by atoms with Crippen molar-refractivity contribution in [1.82, 2.24) is 10.3 Å². The van der Waals surface area contributed by atoms with Crippen molar-refractivity contribution in [3.8, 4) is 5.75 Å². The van der Waals surface area contributed by atoms with Crippen molar-refractivity contribution in [1.29, 1.82) is 0 Å². The van der Waals surface area contributed by atoms with Gasteiger partial charge in [-0.15, -0.1) is 0 Å². The van der Waals surface area contributed by atoms with Crippen LogP contribution in [0.5, 0.6) is 5.75 Å².